The fraction of sp³-hybridized carbons (Fsp3) is 0.368. The van der Waals surface area contributed by atoms with Gasteiger partial charge in [-0.3, -0.25) is 0 Å². The van der Waals surface area contributed by atoms with Gasteiger partial charge in [-0.2, -0.15) is 0 Å². The van der Waals surface area contributed by atoms with Crippen LogP contribution in [0.2, 0.25) is 0 Å². The number of methoxy groups -OCH3 is 1. The van der Waals surface area contributed by atoms with E-state index >= 15 is 0 Å². The molecule has 0 radical (unpaired) electrons. The van der Waals surface area contributed by atoms with E-state index in [0.29, 0.717) is 12.0 Å². The molecule has 0 aliphatic heterocycles. The highest BCUT2D eigenvalue weighted by molar-refractivity contribution is 5.39. The highest BCUT2D eigenvalue weighted by Gasteiger charge is 2.30. The van der Waals surface area contributed by atoms with Crippen LogP contribution in [-0.2, 0) is 12.8 Å². The topological polar surface area (TPSA) is 21.3 Å². The lowest BCUT2D eigenvalue weighted by atomic mass is 9.90. The summed E-state index contributed by atoms with van der Waals surface area (Å²) in [5.41, 5.74) is 4.28. The molecule has 2 nitrogen and oxygen atoms in total. The second-order valence-electron chi connectivity index (χ2n) is 5.71. The first-order valence-corrected chi connectivity index (χ1v) is 7.76. The van der Waals surface area contributed by atoms with Crippen molar-refractivity contribution in [2.45, 2.75) is 25.8 Å². The molecule has 110 valence electrons. The van der Waals surface area contributed by atoms with Crippen molar-refractivity contribution in [3.8, 4) is 5.75 Å². The highest BCUT2D eigenvalue weighted by atomic mass is 16.5. The Bertz CT molecular complexity index is 583. The molecular formula is C19H23NO. The van der Waals surface area contributed by atoms with Crippen molar-refractivity contribution >= 4 is 0 Å². The Morgan fingerprint density at radius 1 is 1.05 bits per heavy atom. The fourth-order valence-corrected chi connectivity index (χ4v) is 3.50. The van der Waals surface area contributed by atoms with Gasteiger partial charge in [0.05, 0.1) is 7.11 Å². The van der Waals surface area contributed by atoms with Crippen LogP contribution in [0.25, 0.3) is 0 Å². The van der Waals surface area contributed by atoms with Gasteiger partial charge in [-0.05, 0) is 42.5 Å². The summed E-state index contributed by atoms with van der Waals surface area (Å²) in [6.07, 6.45) is 2.29. The molecular weight excluding hydrogens is 258 g/mol. The van der Waals surface area contributed by atoms with Crippen molar-refractivity contribution in [1.82, 2.24) is 5.32 Å². The van der Waals surface area contributed by atoms with Crippen molar-refractivity contribution in [1.29, 1.82) is 0 Å². The maximum atomic E-state index is 5.57. The van der Waals surface area contributed by atoms with Crippen LogP contribution >= 0.6 is 0 Å². The lowest BCUT2D eigenvalue weighted by Gasteiger charge is -2.26. The second kappa shape index (κ2) is 6.31. The van der Waals surface area contributed by atoms with Crippen molar-refractivity contribution in [3.05, 3.63) is 65.2 Å². The van der Waals surface area contributed by atoms with Gasteiger partial charge in [-0.25, -0.2) is 0 Å². The molecule has 1 aliphatic carbocycles. The number of hydrogen-bond acceptors (Lipinski definition) is 2. The molecule has 0 saturated heterocycles. The van der Waals surface area contributed by atoms with Crippen LogP contribution in [0.4, 0.5) is 0 Å². The van der Waals surface area contributed by atoms with Crippen LogP contribution in [-0.4, -0.2) is 13.7 Å². The molecule has 0 fully saturated rings. The summed E-state index contributed by atoms with van der Waals surface area (Å²) in [5.74, 6) is 1.58. The van der Waals surface area contributed by atoms with E-state index in [9.17, 15) is 0 Å². The zero-order valence-corrected chi connectivity index (χ0v) is 12.8. The molecule has 1 unspecified atom stereocenters. The van der Waals surface area contributed by atoms with E-state index in [-0.39, 0.29) is 0 Å². The Hall–Kier alpha value is -1.80. The third kappa shape index (κ3) is 2.81. The Balaban J connectivity index is 1.90. The van der Waals surface area contributed by atoms with Crippen molar-refractivity contribution in [3.63, 3.8) is 0 Å². The molecule has 0 saturated carbocycles. The zero-order chi connectivity index (χ0) is 14.7. The van der Waals surface area contributed by atoms with Crippen LogP contribution < -0.4 is 10.1 Å². The summed E-state index contributed by atoms with van der Waals surface area (Å²) in [4.78, 5) is 0. The van der Waals surface area contributed by atoms with E-state index in [1.54, 1.807) is 7.11 Å². The summed E-state index contributed by atoms with van der Waals surface area (Å²) in [7, 11) is 1.76. The molecule has 0 amide bonds. The minimum Gasteiger partial charge on any atom is -0.496 e. The van der Waals surface area contributed by atoms with E-state index in [1.165, 1.54) is 16.7 Å². The minimum absolute atomic E-state index is 0.346. The Morgan fingerprint density at radius 2 is 1.67 bits per heavy atom. The van der Waals surface area contributed by atoms with Crippen molar-refractivity contribution < 1.29 is 4.74 Å². The van der Waals surface area contributed by atoms with Gasteiger partial charge in [-0.1, -0.05) is 49.4 Å². The normalized spacial score (nSPS) is 15.7. The average molecular weight is 281 g/mol. The van der Waals surface area contributed by atoms with Crippen LogP contribution in [0.5, 0.6) is 5.75 Å². The molecule has 1 atom stereocenters. The molecule has 2 aromatic rings. The number of fused-ring (bicyclic) bond motifs is 1. The summed E-state index contributed by atoms with van der Waals surface area (Å²) in [6.45, 7) is 3.14. The average Bonchev–Trinajstić information content (AvgIpc) is 2.96. The summed E-state index contributed by atoms with van der Waals surface area (Å²) >= 11 is 0. The van der Waals surface area contributed by atoms with Crippen molar-refractivity contribution in [2.75, 3.05) is 13.7 Å². The van der Waals surface area contributed by atoms with Crippen LogP contribution in [0.15, 0.2) is 48.5 Å². The number of rotatable bonds is 5. The molecule has 2 heteroatoms. The SMILES string of the molecule is CCNC(c1ccccc1OC)C1Cc2ccccc2C1. The first-order valence-electron chi connectivity index (χ1n) is 7.76. The summed E-state index contributed by atoms with van der Waals surface area (Å²) in [5, 5.41) is 3.67. The Morgan fingerprint density at radius 3 is 2.29 bits per heavy atom. The van der Waals surface area contributed by atoms with Gasteiger partial charge in [0.25, 0.3) is 0 Å². The molecule has 0 bridgehead atoms. The van der Waals surface area contributed by atoms with E-state index in [4.69, 9.17) is 4.74 Å². The van der Waals surface area contributed by atoms with E-state index < -0.39 is 0 Å². The van der Waals surface area contributed by atoms with Gasteiger partial charge in [0.2, 0.25) is 0 Å². The summed E-state index contributed by atoms with van der Waals surface area (Å²) < 4.78 is 5.57. The van der Waals surface area contributed by atoms with Gasteiger partial charge >= 0.3 is 0 Å². The van der Waals surface area contributed by atoms with Crippen LogP contribution in [0.3, 0.4) is 0 Å². The third-order valence-electron chi connectivity index (χ3n) is 4.45. The first kappa shape index (κ1) is 14.2. The minimum atomic E-state index is 0.346. The van der Waals surface area contributed by atoms with E-state index in [2.05, 4.69) is 54.7 Å². The monoisotopic (exact) mass is 281 g/mol. The van der Waals surface area contributed by atoms with E-state index in [1.807, 2.05) is 6.07 Å². The molecule has 1 aliphatic rings. The summed E-state index contributed by atoms with van der Waals surface area (Å²) in [6, 6.07) is 17.6. The van der Waals surface area contributed by atoms with Gasteiger partial charge in [0, 0.05) is 11.6 Å². The van der Waals surface area contributed by atoms with Gasteiger partial charge in [0.1, 0.15) is 5.75 Å². The molecule has 1 N–H and O–H groups in total. The lowest BCUT2D eigenvalue weighted by Crippen LogP contribution is -2.29. The molecule has 2 aromatic carbocycles. The maximum absolute atomic E-state index is 5.57. The quantitative estimate of drug-likeness (QED) is 0.901. The Labute approximate surface area is 127 Å². The Kier molecular flexibility index (Phi) is 4.26. The molecule has 0 heterocycles. The van der Waals surface area contributed by atoms with Gasteiger partial charge in [0.15, 0.2) is 0 Å². The maximum Gasteiger partial charge on any atom is 0.123 e. The van der Waals surface area contributed by atoms with Crippen molar-refractivity contribution in [2.24, 2.45) is 5.92 Å². The molecule has 0 aromatic heterocycles. The van der Waals surface area contributed by atoms with Gasteiger partial charge < -0.3 is 10.1 Å². The largest absolute Gasteiger partial charge is 0.496 e. The number of para-hydroxylation sites is 1. The third-order valence-corrected chi connectivity index (χ3v) is 4.45. The van der Waals surface area contributed by atoms with E-state index in [0.717, 1.165) is 25.1 Å². The second-order valence-corrected chi connectivity index (χ2v) is 5.71. The predicted octanol–water partition coefficient (Wildman–Crippen LogP) is 3.76. The molecule has 21 heavy (non-hydrogen) atoms. The van der Waals surface area contributed by atoms with Crippen LogP contribution in [0.1, 0.15) is 29.7 Å². The molecule has 3 rings (SSSR count). The first-order chi connectivity index (χ1) is 10.3. The number of nitrogens with one attached hydrogen (secondary N) is 1. The fourth-order valence-electron chi connectivity index (χ4n) is 3.50. The number of ether oxygens (including phenoxy) is 1. The van der Waals surface area contributed by atoms with Gasteiger partial charge in [-0.15, -0.1) is 0 Å². The molecule has 0 spiro atoms. The standard InChI is InChI=1S/C19H23NO/c1-3-20-19(17-10-6-7-11-18(17)21-2)16-12-14-8-4-5-9-15(14)13-16/h4-11,16,19-20H,3,12-13H2,1-2H3. The zero-order valence-electron chi connectivity index (χ0n) is 12.8. The highest BCUT2D eigenvalue weighted by Crippen LogP contribution is 2.38. The number of benzene rings is 2. The number of hydrogen-bond donors (Lipinski definition) is 1. The predicted molar refractivity (Wildman–Crippen MR) is 86.8 cm³/mol. The van der Waals surface area contributed by atoms with Crippen LogP contribution in [0, 0.1) is 5.92 Å². The lowest BCUT2D eigenvalue weighted by molar-refractivity contribution is 0.353. The smallest absolute Gasteiger partial charge is 0.123 e.